The molecule has 0 amide bonds. The van der Waals surface area contributed by atoms with Crippen molar-refractivity contribution in [2.45, 2.75) is 6.92 Å². The Labute approximate surface area is 120 Å². The number of nitrogens with two attached hydrogens (primary N) is 1. The van der Waals surface area contributed by atoms with Crippen molar-refractivity contribution in [3.8, 4) is 22.7 Å². The van der Waals surface area contributed by atoms with Crippen LogP contribution in [-0.4, -0.2) is 15.8 Å². The normalized spacial score (nSPS) is 12.3. The van der Waals surface area contributed by atoms with Crippen LogP contribution in [0.4, 0.5) is 5.95 Å². The zero-order valence-corrected chi connectivity index (χ0v) is 11.3. The van der Waals surface area contributed by atoms with Crippen LogP contribution in [0, 0.1) is 6.92 Å². The molecule has 4 rings (SSSR count). The number of carbonyl (C=O) groups is 1. The number of nitrogen functional groups attached to an aromatic ring is 1. The first kappa shape index (κ1) is 11.8. The Morgan fingerprint density at radius 3 is 2.43 bits per heavy atom. The number of hydrogen-bond acceptors (Lipinski definition) is 5. The maximum atomic E-state index is 12.6. The van der Waals surface area contributed by atoms with E-state index in [4.69, 9.17) is 10.2 Å². The van der Waals surface area contributed by atoms with Gasteiger partial charge in [-0.3, -0.25) is 4.79 Å². The van der Waals surface area contributed by atoms with Crippen LogP contribution in [0.25, 0.3) is 22.7 Å². The quantitative estimate of drug-likeness (QED) is 0.578. The third-order valence-corrected chi connectivity index (χ3v) is 3.55. The molecule has 0 aliphatic heterocycles. The Morgan fingerprint density at radius 2 is 1.71 bits per heavy atom. The number of nitrogens with zero attached hydrogens (tertiary/aromatic N) is 2. The number of rotatable bonds is 1. The molecular weight excluding hydrogens is 266 g/mol. The molecule has 0 bridgehead atoms. The van der Waals surface area contributed by atoms with E-state index >= 15 is 0 Å². The summed E-state index contributed by atoms with van der Waals surface area (Å²) in [6.45, 7) is 1.84. The van der Waals surface area contributed by atoms with Gasteiger partial charge in [-0.05, 0) is 19.1 Å². The zero-order chi connectivity index (χ0) is 14.6. The molecule has 0 spiro atoms. The molecule has 2 heterocycles. The number of aryl methyl sites for hydroxylation is 1. The minimum absolute atomic E-state index is 0.0929. The van der Waals surface area contributed by atoms with Gasteiger partial charge in [0, 0.05) is 11.1 Å². The third-order valence-electron chi connectivity index (χ3n) is 3.55. The van der Waals surface area contributed by atoms with Crippen molar-refractivity contribution in [1.29, 1.82) is 0 Å². The molecule has 2 N–H and O–H groups in total. The van der Waals surface area contributed by atoms with E-state index in [-0.39, 0.29) is 11.7 Å². The van der Waals surface area contributed by atoms with E-state index in [1.807, 2.05) is 31.2 Å². The van der Waals surface area contributed by atoms with Gasteiger partial charge in [-0.15, -0.1) is 0 Å². The average Bonchev–Trinajstić information content (AvgIpc) is 3.02. The Balaban J connectivity index is 2.06. The molecule has 0 saturated carbocycles. The fourth-order valence-electron chi connectivity index (χ4n) is 2.65. The molecular formula is C16H11N3O2. The summed E-state index contributed by atoms with van der Waals surface area (Å²) in [7, 11) is 0. The number of anilines is 1. The summed E-state index contributed by atoms with van der Waals surface area (Å²) in [5.74, 6) is 1.31. The van der Waals surface area contributed by atoms with Gasteiger partial charge in [0.2, 0.25) is 5.95 Å². The minimum atomic E-state index is -0.0929. The Kier molecular flexibility index (Phi) is 2.27. The number of aromatic nitrogens is 2. The molecule has 0 fully saturated rings. The Morgan fingerprint density at radius 1 is 1.00 bits per heavy atom. The highest BCUT2D eigenvalue weighted by molar-refractivity contribution is 6.23. The molecule has 0 radical (unpaired) electrons. The van der Waals surface area contributed by atoms with Crippen LogP contribution in [0.5, 0.6) is 0 Å². The molecule has 5 heteroatoms. The van der Waals surface area contributed by atoms with E-state index in [0.717, 1.165) is 11.3 Å². The third kappa shape index (κ3) is 1.61. The summed E-state index contributed by atoms with van der Waals surface area (Å²) in [5.41, 5.74) is 8.70. The van der Waals surface area contributed by atoms with Crippen molar-refractivity contribution in [2.24, 2.45) is 0 Å². The molecule has 5 nitrogen and oxygen atoms in total. The number of fused-ring (bicyclic) bond motifs is 3. The maximum Gasteiger partial charge on any atom is 0.221 e. The first-order valence-corrected chi connectivity index (χ1v) is 6.53. The SMILES string of the molecule is Cc1ccc(-c2nc(N)nc3c2C(=O)c2ccccc2-3)o1. The smallest absolute Gasteiger partial charge is 0.221 e. The monoisotopic (exact) mass is 277 g/mol. The summed E-state index contributed by atoms with van der Waals surface area (Å²) >= 11 is 0. The number of benzene rings is 1. The lowest BCUT2D eigenvalue weighted by Crippen LogP contribution is -2.04. The van der Waals surface area contributed by atoms with E-state index in [1.54, 1.807) is 12.1 Å². The summed E-state index contributed by atoms with van der Waals surface area (Å²) in [5, 5.41) is 0. The highest BCUT2D eigenvalue weighted by atomic mass is 16.3. The number of ketones is 1. The summed E-state index contributed by atoms with van der Waals surface area (Å²) < 4.78 is 5.60. The highest BCUT2D eigenvalue weighted by Gasteiger charge is 2.33. The van der Waals surface area contributed by atoms with E-state index in [2.05, 4.69) is 9.97 Å². The number of carbonyl (C=O) groups excluding carboxylic acids is 1. The van der Waals surface area contributed by atoms with Crippen LogP contribution < -0.4 is 5.73 Å². The number of hydrogen-bond donors (Lipinski definition) is 1. The van der Waals surface area contributed by atoms with Crippen LogP contribution in [0.15, 0.2) is 40.8 Å². The van der Waals surface area contributed by atoms with E-state index < -0.39 is 0 Å². The van der Waals surface area contributed by atoms with Crippen LogP contribution in [-0.2, 0) is 0 Å². The van der Waals surface area contributed by atoms with E-state index in [1.165, 1.54) is 0 Å². The van der Waals surface area contributed by atoms with Crippen molar-refractivity contribution in [3.63, 3.8) is 0 Å². The van der Waals surface area contributed by atoms with E-state index in [0.29, 0.717) is 28.3 Å². The summed E-state index contributed by atoms with van der Waals surface area (Å²) in [6, 6.07) is 11.0. The number of furan rings is 1. The standard InChI is InChI=1S/C16H11N3O2/c1-8-6-7-11(21-8)14-12-13(18-16(17)19-14)9-4-2-3-5-10(9)15(12)20/h2-7H,1H3,(H2,17,18,19). The lowest BCUT2D eigenvalue weighted by molar-refractivity contribution is 0.104. The summed E-state index contributed by atoms with van der Waals surface area (Å²) in [4.78, 5) is 21.1. The first-order valence-electron chi connectivity index (χ1n) is 6.53. The van der Waals surface area contributed by atoms with Gasteiger partial charge in [0.25, 0.3) is 0 Å². The lowest BCUT2D eigenvalue weighted by atomic mass is 10.1. The molecule has 21 heavy (non-hydrogen) atoms. The molecule has 1 aliphatic rings. The Bertz CT molecular complexity index is 896. The predicted molar refractivity (Wildman–Crippen MR) is 77.8 cm³/mol. The molecule has 0 atom stereocenters. The second kappa shape index (κ2) is 4.02. The van der Waals surface area contributed by atoms with Crippen molar-refractivity contribution in [3.05, 3.63) is 53.3 Å². The molecule has 0 saturated heterocycles. The van der Waals surface area contributed by atoms with Crippen molar-refractivity contribution in [2.75, 3.05) is 5.73 Å². The van der Waals surface area contributed by atoms with E-state index in [9.17, 15) is 4.79 Å². The maximum absolute atomic E-state index is 12.6. The van der Waals surface area contributed by atoms with Crippen molar-refractivity contribution >= 4 is 11.7 Å². The first-order chi connectivity index (χ1) is 10.1. The minimum Gasteiger partial charge on any atom is -0.460 e. The largest absolute Gasteiger partial charge is 0.460 e. The van der Waals surface area contributed by atoms with Gasteiger partial charge in [0.15, 0.2) is 11.5 Å². The fraction of sp³-hybridized carbons (Fsp3) is 0.0625. The topological polar surface area (TPSA) is 82.0 Å². The van der Waals surface area contributed by atoms with Gasteiger partial charge in [0.1, 0.15) is 11.5 Å². The second-order valence-corrected chi connectivity index (χ2v) is 4.94. The van der Waals surface area contributed by atoms with Gasteiger partial charge < -0.3 is 10.2 Å². The van der Waals surface area contributed by atoms with Gasteiger partial charge >= 0.3 is 0 Å². The van der Waals surface area contributed by atoms with Crippen molar-refractivity contribution < 1.29 is 9.21 Å². The van der Waals surface area contributed by atoms with Crippen LogP contribution in [0.1, 0.15) is 21.7 Å². The van der Waals surface area contributed by atoms with Gasteiger partial charge in [0.05, 0.1) is 11.3 Å². The van der Waals surface area contributed by atoms with Crippen molar-refractivity contribution in [1.82, 2.24) is 9.97 Å². The van der Waals surface area contributed by atoms with Gasteiger partial charge in [-0.1, -0.05) is 24.3 Å². The Hall–Kier alpha value is -2.95. The van der Waals surface area contributed by atoms with Crippen LogP contribution in [0.2, 0.25) is 0 Å². The molecule has 1 aromatic carbocycles. The van der Waals surface area contributed by atoms with Crippen LogP contribution >= 0.6 is 0 Å². The highest BCUT2D eigenvalue weighted by Crippen LogP contribution is 2.40. The molecule has 102 valence electrons. The molecule has 2 aromatic heterocycles. The van der Waals surface area contributed by atoms with Gasteiger partial charge in [-0.2, -0.15) is 0 Å². The second-order valence-electron chi connectivity index (χ2n) is 4.94. The fourth-order valence-corrected chi connectivity index (χ4v) is 2.65. The predicted octanol–water partition coefficient (Wildman–Crippen LogP) is 2.84. The molecule has 0 unspecified atom stereocenters. The molecule has 3 aromatic rings. The average molecular weight is 277 g/mol. The zero-order valence-electron chi connectivity index (χ0n) is 11.3. The van der Waals surface area contributed by atoms with Gasteiger partial charge in [-0.25, -0.2) is 9.97 Å². The lowest BCUT2D eigenvalue weighted by Gasteiger charge is -2.05. The summed E-state index contributed by atoms with van der Waals surface area (Å²) in [6.07, 6.45) is 0. The van der Waals surface area contributed by atoms with Crippen LogP contribution in [0.3, 0.4) is 0 Å². The molecule has 1 aliphatic carbocycles.